The molecule has 2 aromatic carbocycles. The average molecular weight is 461 g/mol. The van der Waals surface area contributed by atoms with Crippen LogP contribution >= 0.6 is 23.2 Å². The first-order valence-corrected chi connectivity index (χ1v) is 11.0. The fourth-order valence-corrected chi connectivity index (χ4v) is 4.37. The lowest BCUT2D eigenvalue weighted by Gasteiger charge is -2.47. The molecule has 1 fully saturated rings. The van der Waals surface area contributed by atoms with E-state index in [4.69, 9.17) is 33.7 Å². The van der Waals surface area contributed by atoms with Crippen molar-refractivity contribution in [2.24, 2.45) is 5.73 Å². The largest absolute Gasteiger partial charge is 0.368 e. The number of nitrogens with zero attached hydrogens (tertiary/aromatic N) is 1. The van der Waals surface area contributed by atoms with Gasteiger partial charge in [-0.2, -0.15) is 0 Å². The zero-order valence-corrected chi connectivity index (χ0v) is 18.9. The van der Waals surface area contributed by atoms with Crippen LogP contribution in [-0.4, -0.2) is 28.9 Å². The van der Waals surface area contributed by atoms with Gasteiger partial charge in [0.05, 0.1) is 6.04 Å². The van der Waals surface area contributed by atoms with E-state index in [1.54, 1.807) is 29.2 Å². The van der Waals surface area contributed by atoms with Gasteiger partial charge in [-0.3, -0.25) is 9.59 Å². The second-order valence-electron chi connectivity index (χ2n) is 7.57. The first kappa shape index (κ1) is 23.3. The molecule has 3 rings (SSSR count). The number of carbonyl (C=O) groups excluding carboxylic acids is 2. The molecule has 4 atom stereocenters. The van der Waals surface area contributed by atoms with Gasteiger partial charge in [0, 0.05) is 16.5 Å². The first-order valence-electron chi connectivity index (χ1n) is 10.3. The van der Waals surface area contributed by atoms with Crippen LogP contribution in [0, 0.1) is 0 Å². The third-order valence-corrected chi connectivity index (χ3v) is 5.91. The fourth-order valence-electron chi connectivity index (χ4n) is 4.05. The highest BCUT2D eigenvalue weighted by molar-refractivity contribution is 6.30. The Morgan fingerprint density at radius 3 is 2.48 bits per heavy atom. The van der Waals surface area contributed by atoms with E-state index in [-0.39, 0.29) is 5.91 Å². The van der Waals surface area contributed by atoms with E-state index >= 15 is 0 Å². The second kappa shape index (κ2) is 10.3. The zero-order valence-electron chi connectivity index (χ0n) is 17.3. The van der Waals surface area contributed by atoms with E-state index in [0.29, 0.717) is 29.3 Å². The van der Waals surface area contributed by atoms with Crippen molar-refractivity contribution in [3.63, 3.8) is 0 Å². The standard InChI is InChI=1S/C24H26Cl2N2O3/c1-3-6-19(23(27)29)28-21(15-10-12-17(25)13-11-15)22(16-8-5-9-18(26)14-16)31-20(7-4-2)24(28)30/h4-5,8-14,19-22H,2-3,6-7H2,1H3,(H2,27,29)/t19-,20+,21-,22+/m0/s1. The molecule has 7 heteroatoms. The van der Waals surface area contributed by atoms with Gasteiger partial charge in [-0.15, -0.1) is 6.58 Å². The van der Waals surface area contributed by atoms with Crippen molar-refractivity contribution in [2.75, 3.05) is 0 Å². The maximum atomic E-state index is 13.5. The zero-order chi connectivity index (χ0) is 22.5. The number of primary amides is 1. The molecule has 0 saturated carbocycles. The number of hydrogen-bond donors (Lipinski definition) is 1. The molecule has 0 aromatic heterocycles. The summed E-state index contributed by atoms with van der Waals surface area (Å²) < 4.78 is 6.31. The van der Waals surface area contributed by atoms with Crippen molar-refractivity contribution >= 4 is 35.0 Å². The SMILES string of the molecule is C=CC[C@H]1O[C@H](c2cccc(Cl)c2)[C@H](c2ccc(Cl)cc2)N([C@@H](CCC)C(N)=O)C1=O. The molecule has 164 valence electrons. The van der Waals surface area contributed by atoms with E-state index in [1.807, 2.05) is 37.3 Å². The van der Waals surface area contributed by atoms with Crippen molar-refractivity contribution in [3.8, 4) is 0 Å². The minimum absolute atomic E-state index is 0.282. The molecule has 0 spiro atoms. The highest BCUT2D eigenvalue weighted by Gasteiger charge is 2.47. The van der Waals surface area contributed by atoms with Crippen molar-refractivity contribution in [1.29, 1.82) is 0 Å². The van der Waals surface area contributed by atoms with Crippen molar-refractivity contribution in [1.82, 2.24) is 4.90 Å². The first-order chi connectivity index (χ1) is 14.9. The Labute approximate surface area is 192 Å². The van der Waals surface area contributed by atoms with Gasteiger partial charge < -0.3 is 15.4 Å². The number of hydrogen-bond acceptors (Lipinski definition) is 3. The molecule has 0 radical (unpaired) electrons. The summed E-state index contributed by atoms with van der Waals surface area (Å²) in [5.74, 6) is -0.825. The number of rotatable bonds is 8. The number of benzene rings is 2. The average Bonchev–Trinajstić information content (AvgIpc) is 2.74. The van der Waals surface area contributed by atoms with Crippen molar-refractivity contribution < 1.29 is 14.3 Å². The second-order valence-corrected chi connectivity index (χ2v) is 8.45. The van der Waals surface area contributed by atoms with E-state index in [0.717, 1.165) is 11.1 Å². The minimum Gasteiger partial charge on any atom is -0.368 e. The Morgan fingerprint density at radius 1 is 1.19 bits per heavy atom. The van der Waals surface area contributed by atoms with Gasteiger partial charge >= 0.3 is 0 Å². The molecule has 1 saturated heterocycles. The number of amides is 2. The van der Waals surface area contributed by atoms with Gasteiger partial charge in [-0.1, -0.05) is 66.9 Å². The smallest absolute Gasteiger partial charge is 0.253 e. The van der Waals surface area contributed by atoms with Gasteiger partial charge in [0.25, 0.3) is 5.91 Å². The van der Waals surface area contributed by atoms with Crippen molar-refractivity contribution in [3.05, 3.63) is 82.4 Å². The summed E-state index contributed by atoms with van der Waals surface area (Å²) in [5, 5.41) is 1.13. The summed E-state index contributed by atoms with van der Waals surface area (Å²) in [6.07, 6.45) is 1.77. The minimum atomic E-state index is -0.774. The predicted octanol–water partition coefficient (Wildman–Crippen LogP) is 5.23. The number of ether oxygens (including phenoxy) is 1. The number of morpholine rings is 1. The molecule has 1 aliphatic rings. The molecule has 0 aliphatic carbocycles. The molecule has 0 bridgehead atoms. The topological polar surface area (TPSA) is 72.6 Å². The lowest BCUT2D eigenvalue weighted by molar-refractivity contribution is -0.180. The molecule has 1 heterocycles. The van der Waals surface area contributed by atoms with Crippen LogP contribution in [0.5, 0.6) is 0 Å². The van der Waals surface area contributed by atoms with Crippen LogP contribution in [0.2, 0.25) is 10.0 Å². The van der Waals surface area contributed by atoms with Gasteiger partial charge in [0.1, 0.15) is 18.2 Å². The van der Waals surface area contributed by atoms with Gasteiger partial charge in [-0.05, 0) is 41.8 Å². The molecule has 31 heavy (non-hydrogen) atoms. The normalized spacial score (nSPS) is 22.2. The number of halogens is 2. The Kier molecular flexibility index (Phi) is 7.76. The van der Waals surface area contributed by atoms with Gasteiger partial charge in [0.2, 0.25) is 5.91 Å². The van der Waals surface area contributed by atoms with E-state index in [2.05, 4.69) is 6.58 Å². The number of nitrogens with two attached hydrogens (primary N) is 1. The molecule has 5 nitrogen and oxygen atoms in total. The molecule has 2 amide bonds. The van der Waals surface area contributed by atoms with Crippen molar-refractivity contribution in [2.45, 2.75) is 50.5 Å². The molecule has 2 N–H and O–H groups in total. The lowest BCUT2D eigenvalue weighted by atomic mass is 9.89. The fraction of sp³-hybridized carbons (Fsp3) is 0.333. The van der Waals surface area contributed by atoms with Crippen LogP contribution in [-0.2, 0) is 14.3 Å². The van der Waals surface area contributed by atoms with Crippen LogP contribution < -0.4 is 5.73 Å². The van der Waals surface area contributed by atoms with E-state index < -0.39 is 30.2 Å². The molecule has 2 aromatic rings. The molecule has 1 aliphatic heterocycles. The number of carbonyl (C=O) groups is 2. The summed E-state index contributed by atoms with van der Waals surface area (Å²) in [4.78, 5) is 27.6. The summed E-state index contributed by atoms with van der Waals surface area (Å²) in [7, 11) is 0. The predicted molar refractivity (Wildman–Crippen MR) is 123 cm³/mol. The van der Waals surface area contributed by atoms with Crippen LogP contribution in [0.4, 0.5) is 0 Å². The maximum absolute atomic E-state index is 13.5. The summed E-state index contributed by atoms with van der Waals surface area (Å²) in [6, 6.07) is 13.2. The summed E-state index contributed by atoms with van der Waals surface area (Å²) >= 11 is 12.4. The van der Waals surface area contributed by atoms with Crippen LogP contribution in [0.25, 0.3) is 0 Å². The van der Waals surface area contributed by atoms with Gasteiger partial charge in [0.15, 0.2) is 0 Å². The monoisotopic (exact) mass is 460 g/mol. The molecular formula is C24H26Cl2N2O3. The maximum Gasteiger partial charge on any atom is 0.253 e. The third kappa shape index (κ3) is 5.12. The van der Waals surface area contributed by atoms with E-state index in [1.165, 1.54) is 0 Å². The van der Waals surface area contributed by atoms with E-state index in [9.17, 15) is 9.59 Å². The lowest BCUT2D eigenvalue weighted by Crippen LogP contribution is -2.58. The summed E-state index contributed by atoms with van der Waals surface area (Å²) in [5.41, 5.74) is 7.37. The quantitative estimate of drug-likeness (QED) is 0.547. The molecular weight excluding hydrogens is 435 g/mol. The van der Waals surface area contributed by atoms with Crippen LogP contribution in [0.15, 0.2) is 61.2 Å². The Balaban J connectivity index is 2.20. The summed E-state index contributed by atoms with van der Waals surface area (Å²) in [6.45, 7) is 5.70. The Bertz CT molecular complexity index is 948. The Morgan fingerprint density at radius 2 is 1.90 bits per heavy atom. The van der Waals surface area contributed by atoms with Gasteiger partial charge in [-0.25, -0.2) is 0 Å². The molecule has 0 unspecified atom stereocenters. The highest BCUT2D eigenvalue weighted by atomic mass is 35.5. The highest BCUT2D eigenvalue weighted by Crippen LogP contribution is 2.44. The van der Waals surface area contributed by atoms with Crippen LogP contribution in [0.3, 0.4) is 0 Å². The Hall–Kier alpha value is -2.34. The van der Waals surface area contributed by atoms with Crippen LogP contribution in [0.1, 0.15) is 49.5 Å². The third-order valence-electron chi connectivity index (χ3n) is 5.42.